The van der Waals surface area contributed by atoms with Crippen molar-refractivity contribution in [3.8, 4) is 0 Å². The highest BCUT2D eigenvalue weighted by Gasteiger charge is 2.40. The van der Waals surface area contributed by atoms with Crippen molar-refractivity contribution in [1.82, 2.24) is 5.32 Å². The van der Waals surface area contributed by atoms with Crippen molar-refractivity contribution in [2.24, 2.45) is 23.5 Å². The molecule has 3 N–H and O–H groups in total. The van der Waals surface area contributed by atoms with Crippen LogP contribution in [0, 0.1) is 17.8 Å². The smallest absolute Gasteiger partial charge is 0.353 e. The molecule has 3 nitrogen and oxygen atoms in total. The number of hydrogen-bond donors (Lipinski definition) is 2. The summed E-state index contributed by atoms with van der Waals surface area (Å²) in [5, 5.41) is 3.05. The van der Waals surface area contributed by atoms with Gasteiger partial charge in [0.05, 0.1) is 5.56 Å². The first kappa shape index (κ1) is 22.0. The monoisotopic (exact) mass is 404 g/mol. The Kier molecular flexibility index (Phi) is 7.20. The molecule has 2 aliphatic rings. The van der Waals surface area contributed by atoms with Crippen LogP contribution in [-0.2, 0) is 17.4 Å². The van der Waals surface area contributed by atoms with Gasteiger partial charge >= 0.3 is 6.18 Å². The Morgan fingerprint density at radius 2 is 1.74 bits per heavy atom. The predicted molar refractivity (Wildman–Crippen MR) is 102 cm³/mol. The fourth-order valence-electron chi connectivity index (χ4n) is 4.60. The van der Waals surface area contributed by atoms with E-state index >= 15 is 0 Å². The Bertz CT molecular complexity index is 621. The Hall–Kier alpha value is -1.27. The van der Waals surface area contributed by atoms with Gasteiger partial charge in [-0.15, -0.1) is 12.4 Å². The minimum absolute atomic E-state index is 0. The minimum Gasteiger partial charge on any atom is -0.353 e. The van der Waals surface area contributed by atoms with E-state index in [9.17, 15) is 18.0 Å². The second-order valence-electron chi connectivity index (χ2n) is 8.01. The molecule has 1 aromatic rings. The van der Waals surface area contributed by atoms with Crippen molar-refractivity contribution in [2.45, 2.75) is 63.7 Å². The van der Waals surface area contributed by atoms with Crippen LogP contribution in [-0.4, -0.2) is 18.0 Å². The number of nitrogens with two attached hydrogens (primary N) is 1. The topological polar surface area (TPSA) is 55.1 Å². The van der Waals surface area contributed by atoms with Crippen molar-refractivity contribution >= 4 is 18.3 Å². The molecule has 27 heavy (non-hydrogen) atoms. The van der Waals surface area contributed by atoms with Crippen LogP contribution < -0.4 is 11.1 Å². The summed E-state index contributed by atoms with van der Waals surface area (Å²) < 4.78 is 37.9. The van der Waals surface area contributed by atoms with Crippen LogP contribution in [0.5, 0.6) is 0 Å². The molecule has 0 aliphatic heterocycles. The lowest BCUT2D eigenvalue weighted by Crippen LogP contribution is -2.50. The fraction of sp³-hybridized carbons (Fsp3) is 0.650. The molecular formula is C20H28ClF3N2O. The van der Waals surface area contributed by atoms with Crippen LogP contribution in [0.2, 0.25) is 0 Å². The first-order chi connectivity index (χ1) is 12.2. The number of hydrogen-bond acceptors (Lipinski definition) is 2. The van der Waals surface area contributed by atoms with Crippen molar-refractivity contribution in [3.63, 3.8) is 0 Å². The fourth-order valence-corrected chi connectivity index (χ4v) is 4.60. The predicted octanol–water partition coefficient (Wildman–Crippen LogP) is 4.33. The van der Waals surface area contributed by atoms with Gasteiger partial charge in [-0.2, -0.15) is 13.2 Å². The molecular weight excluding hydrogens is 377 g/mol. The summed E-state index contributed by atoms with van der Waals surface area (Å²) in [5.41, 5.74) is 6.42. The summed E-state index contributed by atoms with van der Waals surface area (Å²) >= 11 is 0. The van der Waals surface area contributed by atoms with Crippen LogP contribution in [0.4, 0.5) is 13.2 Å². The molecule has 2 fully saturated rings. The molecule has 0 radical (unpaired) electrons. The summed E-state index contributed by atoms with van der Waals surface area (Å²) in [4.78, 5) is 12.6. The molecule has 1 aromatic carbocycles. The van der Waals surface area contributed by atoms with Crippen LogP contribution in [0.1, 0.15) is 50.2 Å². The number of nitrogens with one attached hydrogen (secondary N) is 1. The number of halogens is 4. The van der Waals surface area contributed by atoms with Gasteiger partial charge in [0.1, 0.15) is 0 Å². The van der Waals surface area contributed by atoms with Gasteiger partial charge in [-0.3, -0.25) is 4.79 Å². The highest BCUT2D eigenvalue weighted by molar-refractivity contribution is 5.85. The van der Waals surface area contributed by atoms with E-state index in [1.807, 2.05) is 6.92 Å². The molecule has 0 aromatic heterocycles. The second-order valence-corrected chi connectivity index (χ2v) is 8.01. The summed E-state index contributed by atoms with van der Waals surface area (Å²) in [6.45, 7) is 1.89. The molecule has 3 rings (SSSR count). The molecule has 3 atom stereocenters. The van der Waals surface area contributed by atoms with Crippen LogP contribution >= 0.6 is 12.4 Å². The van der Waals surface area contributed by atoms with Gasteiger partial charge in [-0.05, 0) is 68.6 Å². The van der Waals surface area contributed by atoms with E-state index in [-0.39, 0.29) is 36.3 Å². The van der Waals surface area contributed by atoms with Crippen LogP contribution in [0.3, 0.4) is 0 Å². The normalized spacial score (nSPS) is 28.8. The van der Waals surface area contributed by atoms with Crippen molar-refractivity contribution in [1.29, 1.82) is 0 Å². The van der Waals surface area contributed by atoms with E-state index in [2.05, 4.69) is 5.32 Å². The lowest BCUT2D eigenvalue weighted by molar-refractivity contribution is -0.137. The quantitative estimate of drug-likeness (QED) is 0.784. The third kappa shape index (κ3) is 5.38. The maximum absolute atomic E-state index is 12.6. The maximum Gasteiger partial charge on any atom is 0.416 e. The van der Waals surface area contributed by atoms with Gasteiger partial charge in [0.25, 0.3) is 0 Å². The molecule has 152 valence electrons. The van der Waals surface area contributed by atoms with Gasteiger partial charge < -0.3 is 11.1 Å². The van der Waals surface area contributed by atoms with E-state index in [0.29, 0.717) is 18.3 Å². The standard InChI is InChI=1S/C20H27F3N2O.ClH/c1-12(9-13-5-7-17(8-6-13)20(21,22)23)25-19(26)16-10-14-3-2-4-15(11-16)18(14)24;/h5-8,12,14-16,18H,2-4,9-11,24H2,1H3,(H,25,26);1H. The third-order valence-electron chi connectivity index (χ3n) is 6.00. The van der Waals surface area contributed by atoms with Gasteiger partial charge in [0, 0.05) is 18.0 Å². The average molecular weight is 405 g/mol. The molecule has 7 heteroatoms. The van der Waals surface area contributed by atoms with Gasteiger partial charge in [-0.1, -0.05) is 18.6 Å². The molecule has 0 saturated heterocycles. The maximum atomic E-state index is 12.6. The molecule has 3 unspecified atom stereocenters. The zero-order valence-electron chi connectivity index (χ0n) is 15.5. The Morgan fingerprint density at radius 1 is 1.19 bits per heavy atom. The zero-order chi connectivity index (χ0) is 18.9. The van der Waals surface area contributed by atoms with E-state index < -0.39 is 11.7 Å². The Morgan fingerprint density at radius 3 is 2.26 bits per heavy atom. The summed E-state index contributed by atoms with van der Waals surface area (Å²) in [6.07, 6.45) is 1.35. The van der Waals surface area contributed by atoms with Crippen LogP contribution in [0.25, 0.3) is 0 Å². The van der Waals surface area contributed by atoms with Crippen LogP contribution in [0.15, 0.2) is 24.3 Å². The number of carbonyl (C=O) groups is 1. The number of rotatable bonds is 4. The molecule has 2 aliphatic carbocycles. The number of amides is 1. The molecule has 1 amide bonds. The van der Waals surface area contributed by atoms with E-state index in [0.717, 1.165) is 43.4 Å². The summed E-state index contributed by atoms with van der Waals surface area (Å²) in [7, 11) is 0. The average Bonchev–Trinajstić information content (AvgIpc) is 2.54. The first-order valence-electron chi connectivity index (χ1n) is 9.46. The number of carbonyl (C=O) groups excluding carboxylic acids is 1. The van der Waals surface area contributed by atoms with E-state index in [1.165, 1.54) is 18.6 Å². The van der Waals surface area contributed by atoms with E-state index in [4.69, 9.17) is 5.73 Å². The molecule has 0 spiro atoms. The molecule has 2 saturated carbocycles. The van der Waals surface area contributed by atoms with Gasteiger partial charge in [0.15, 0.2) is 0 Å². The summed E-state index contributed by atoms with van der Waals surface area (Å²) in [5.74, 6) is 0.973. The highest BCUT2D eigenvalue weighted by Crippen LogP contribution is 2.41. The molecule has 0 heterocycles. The highest BCUT2D eigenvalue weighted by atomic mass is 35.5. The lowest BCUT2D eigenvalue weighted by Gasteiger charge is -2.43. The zero-order valence-corrected chi connectivity index (χ0v) is 16.3. The molecule has 2 bridgehead atoms. The second kappa shape index (κ2) is 8.82. The van der Waals surface area contributed by atoms with Gasteiger partial charge in [0.2, 0.25) is 5.91 Å². The summed E-state index contributed by atoms with van der Waals surface area (Å²) in [6, 6.07) is 5.26. The van der Waals surface area contributed by atoms with Crippen molar-refractivity contribution in [3.05, 3.63) is 35.4 Å². The number of alkyl halides is 3. The number of fused-ring (bicyclic) bond motifs is 2. The Balaban J connectivity index is 0.00000261. The number of benzene rings is 1. The first-order valence-corrected chi connectivity index (χ1v) is 9.46. The lowest BCUT2D eigenvalue weighted by atomic mass is 9.65. The van der Waals surface area contributed by atoms with Gasteiger partial charge in [-0.25, -0.2) is 0 Å². The Labute approximate surface area is 164 Å². The third-order valence-corrected chi connectivity index (χ3v) is 6.00. The van der Waals surface area contributed by atoms with Crippen molar-refractivity contribution < 1.29 is 18.0 Å². The largest absolute Gasteiger partial charge is 0.416 e. The SMILES string of the molecule is CC(Cc1ccc(C(F)(F)F)cc1)NC(=O)C1CC2CCCC(C1)C2N.Cl. The minimum atomic E-state index is -4.32. The van der Waals surface area contributed by atoms with Crippen molar-refractivity contribution in [2.75, 3.05) is 0 Å². The van der Waals surface area contributed by atoms with E-state index in [1.54, 1.807) is 0 Å².